The van der Waals surface area contributed by atoms with E-state index in [0.29, 0.717) is 28.9 Å². The van der Waals surface area contributed by atoms with Gasteiger partial charge in [0.2, 0.25) is 16.0 Å². The fourth-order valence-corrected chi connectivity index (χ4v) is 5.08. The van der Waals surface area contributed by atoms with Gasteiger partial charge in [-0.25, -0.2) is 17.7 Å². The van der Waals surface area contributed by atoms with Crippen molar-refractivity contribution in [3.05, 3.63) is 54.9 Å². The summed E-state index contributed by atoms with van der Waals surface area (Å²) in [5.74, 6) is 1.42. The number of para-hydroxylation sites is 1. The quantitative estimate of drug-likeness (QED) is 0.347. The Bertz CT molecular complexity index is 1460. The number of rotatable bonds is 7. The number of pyridine rings is 1. The van der Waals surface area contributed by atoms with Gasteiger partial charge in [-0.1, -0.05) is 12.1 Å². The first-order chi connectivity index (χ1) is 17.3. The van der Waals surface area contributed by atoms with E-state index in [1.165, 1.54) is 18.4 Å². The lowest BCUT2D eigenvalue weighted by molar-refractivity contribution is 0.313. The predicted octanol–water partition coefficient (Wildman–Crippen LogP) is 2.84. The van der Waals surface area contributed by atoms with Crippen LogP contribution in [-0.4, -0.2) is 84.9 Å². The number of fused-ring (bicyclic) bond motifs is 1. The van der Waals surface area contributed by atoms with Gasteiger partial charge in [0.05, 0.1) is 23.0 Å². The Labute approximate surface area is 210 Å². The third kappa shape index (κ3) is 4.83. The molecule has 0 amide bonds. The van der Waals surface area contributed by atoms with Crippen LogP contribution in [0.5, 0.6) is 0 Å². The fraction of sp³-hybridized carbons (Fsp3) is 0.292. The molecule has 12 heteroatoms. The molecule has 1 aliphatic rings. The highest BCUT2D eigenvalue weighted by atomic mass is 32.2. The first kappa shape index (κ1) is 24.0. The highest BCUT2D eigenvalue weighted by Gasteiger charge is 2.22. The first-order valence-corrected chi connectivity index (χ1v) is 13.1. The standard InChI is InChI=1S/C24H29N9O2S/c1-31(2)36(34,35)20-7-5-4-6-19(20)27-23-18-10-11-25-22(18)29-24(30-23)28-21-9-8-17(16-26-21)33-14-12-32(3)13-15-33/h4-11,16H,12-15H2,1-3H3,(H3,25,26,27,28,29,30). The summed E-state index contributed by atoms with van der Waals surface area (Å²) in [6.07, 6.45) is 3.61. The summed E-state index contributed by atoms with van der Waals surface area (Å²) in [5.41, 5.74) is 2.11. The monoisotopic (exact) mass is 507 g/mol. The molecule has 4 aromatic rings. The van der Waals surface area contributed by atoms with Crippen LogP contribution < -0.4 is 15.5 Å². The summed E-state index contributed by atoms with van der Waals surface area (Å²) in [6.45, 7) is 3.99. The van der Waals surface area contributed by atoms with Gasteiger partial charge in [0.15, 0.2) is 0 Å². The lowest BCUT2D eigenvalue weighted by Gasteiger charge is -2.33. The molecule has 0 unspecified atom stereocenters. The van der Waals surface area contributed by atoms with E-state index in [1.807, 2.05) is 24.4 Å². The average Bonchev–Trinajstić information content (AvgIpc) is 3.34. The number of likely N-dealkylation sites (N-methyl/N-ethyl adjacent to an activating group) is 1. The lowest BCUT2D eigenvalue weighted by atomic mass is 10.3. The van der Waals surface area contributed by atoms with E-state index in [0.717, 1.165) is 37.3 Å². The molecule has 3 aromatic heterocycles. The van der Waals surface area contributed by atoms with Crippen LogP contribution in [-0.2, 0) is 10.0 Å². The minimum atomic E-state index is -3.66. The topological polar surface area (TPSA) is 122 Å². The summed E-state index contributed by atoms with van der Waals surface area (Å²) in [5, 5.41) is 7.09. The second-order valence-corrected chi connectivity index (χ2v) is 11.0. The minimum Gasteiger partial charge on any atom is -0.368 e. The van der Waals surface area contributed by atoms with Gasteiger partial charge >= 0.3 is 0 Å². The molecule has 5 rings (SSSR count). The van der Waals surface area contributed by atoms with Gasteiger partial charge in [0.1, 0.15) is 22.2 Å². The van der Waals surface area contributed by atoms with E-state index in [4.69, 9.17) is 0 Å². The summed E-state index contributed by atoms with van der Waals surface area (Å²) in [7, 11) is 1.49. The van der Waals surface area contributed by atoms with Gasteiger partial charge < -0.3 is 25.4 Å². The molecule has 0 saturated carbocycles. The zero-order chi connectivity index (χ0) is 25.3. The van der Waals surface area contributed by atoms with Crippen molar-refractivity contribution in [1.29, 1.82) is 0 Å². The molecule has 4 heterocycles. The van der Waals surface area contributed by atoms with Gasteiger partial charge in [-0.05, 0) is 37.4 Å². The average molecular weight is 508 g/mol. The highest BCUT2D eigenvalue weighted by molar-refractivity contribution is 7.89. The Morgan fingerprint density at radius 2 is 1.75 bits per heavy atom. The van der Waals surface area contributed by atoms with Crippen LogP contribution in [0, 0.1) is 0 Å². The number of piperazine rings is 1. The molecular weight excluding hydrogens is 478 g/mol. The third-order valence-corrected chi connectivity index (χ3v) is 8.04. The van der Waals surface area contributed by atoms with E-state index in [2.05, 4.69) is 47.4 Å². The van der Waals surface area contributed by atoms with Gasteiger partial charge in [0.25, 0.3) is 0 Å². The second-order valence-electron chi connectivity index (χ2n) is 8.86. The number of aromatic amines is 1. The highest BCUT2D eigenvalue weighted by Crippen LogP contribution is 2.30. The van der Waals surface area contributed by atoms with Crippen molar-refractivity contribution in [2.45, 2.75) is 4.90 Å². The summed E-state index contributed by atoms with van der Waals surface area (Å²) in [4.78, 5) is 21.6. The van der Waals surface area contributed by atoms with Crippen molar-refractivity contribution in [3.8, 4) is 0 Å². The maximum absolute atomic E-state index is 12.8. The number of hydrogen-bond acceptors (Lipinski definition) is 9. The fourth-order valence-electron chi connectivity index (χ4n) is 4.04. The van der Waals surface area contributed by atoms with Crippen molar-refractivity contribution < 1.29 is 8.42 Å². The maximum atomic E-state index is 12.8. The van der Waals surface area contributed by atoms with E-state index >= 15 is 0 Å². The van der Waals surface area contributed by atoms with Crippen molar-refractivity contribution in [2.24, 2.45) is 0 Å². The summed E-state index contributed by atoms with van der Waals surface area (Å²) in [6, 6.07) is 12.5. The van der Waals surface area contributed by atoms with E-state index < -0.39 is 10.0 Å². The number of H-pyrrole nitrogens is 1. The van der Waals surface area contributed by atoms with Crippen LogP contribution in [0.4, 0.5) is 29.0 Å². The van der Waals surface area contributed by atoms with Crippen LogP contribution in [0.3, 0.4) is 0 Å². The molecule has 1 fully saturated rings. The van der Waals surface area contributed by atoms with Gasteiger partial charge in [-0.3, -0.25) is 0 Å². The number of anilines is 5. The van der Waals surface area contributed by atoms with Crippen LogP contribution in [0.2, 0.25) is 0 Å². The molecule has 0 radical (unpaired) electrons. The largest absolute Gasteiger partial charge is 0.368 e. The van der Waals surface area contributed by atoms with Crippen molar-refractivity contribution in [3.63, 3.8) is 0 Å². The molecule has 1 saturated heterocycles. The second kappa shape index (κ2) is 9.72. The van der Waals surface area contributed by atoms with Crippen molar-refractivity contribution >= 4 is 50.0 Å². The number of nitrogens with zero attached hydrogens (tertiary/aromatic N) is 6. The molecule has 0 bridgehead atoms. The van der Waals surface area contributed by atoms with E-state index in [-0.39, 0.29) is 4.90 Å². The smallest absolute Gasteiger partial charge is 0.244 e. The molecule has 36 heavy (non-hydrogen) atoms. The van der Waals surface area contributed by atoms with Crippen molar-refractivity contribution in [1.82, 2.24) is 29.1 Å². The minimum absolute atomic E-state index is 0.160. The van der Waals surface area contributed by atoms with Crippen LogP contribution >= 0.6 is 0 Å². The number of hydrogen-bond donors (Lipinski definition) is 3. The van der Waals surface area contributed by atoms with Crippen LogP contribution in [0.25, 0.3) is 11.0 Å². The molecule has 188 valence electrons. The normalized spacial score (nSPS) is 14.9. The molecule has 3 N–H and O–H groups in total. The summed E-state index contributed by atoms with van der Waals surface area (Å²) >= 11 is 0. The molecule has 0 spiro atoms. The Morgan fingerprint density at radius 3 is 2.47 bits per heavy atom. The Hall–Kier alpha value is -3.74. The van der Waals surface area contributed by atoms with Gasteiger partial charge in [-0.2, -0.15) is 9.97 Å². The maximum Gasteiger partial charge on any atom is 0.244 e. The Kier molecular flexibility index (Phi) is 6.48. The Balaban J connectivity index is 1.41. The Morgan fingerprint density at radius 1 is 0.972 bits per heavy atom. The van der Waals surface area contributed by atoms with Crippen LogP contribution in [0.1, 0.15) is 0 Å². The number of sulfonamides is 1. The van der Waals surface area contributed by atoms with E-state index in [1.54, 1.807) is 30.5 Å². The number of aromatic nitrogens is 4. The third-order valence-electron chi connectivity index (χ3n) is 6.17. The van der Waals surface area contributed by atoms with Gasteiger partial charge in [-0.15, -0.1) is 0 Å². The van der Waals surface area contributed by atoms with Crippen LogP contribution in [0.15, 0.2) is 59.8 Å². The molecule has 1 aromatic carbocycles. The molecule has 0 aliphatic carbocycles. The molecule has 11 nitrogen and oxygen atoms in total. The predicted molar refractivity (Wildman–Crippen MR) is 142 cm³/mol. The summed E-state index contributed by atoms with van der Waals surface area (Å²) < 4.78 is 26.9. The molecule has 1 aliphatic heterocycles. The number of nitrogens with one attached hydrogen (secondary N) is 3. The lowest BCUT2D eigenvalue weighted by Crippen LogP contribution is -2.44. The number of benzene rings is 1. The van der Waals surface area contributed by atoms with Gasteiger partial charge in [0, 0.05) is 46.5 Å². The zero-order valence-corrected chi connectivity index (χ0v) is 21.2. The molecule has 0 atom stereocenters. The SMILES string of the molecule is CN1CCN(c2ccc(Nc3nc(Nc4ccccc4S(=O)(=O)N(C)C)c4cc[nH]c4n3)nc2)CC1. The first-order valence-electron chi connectivity index (χ1n) is 11.6. The van der Waals surface area contributed by atoms with Crippen molar-refractivity contribution in [2.75, 3.05) is 62.9 Å². The zero-order valence-electron chi connectivity index (χ0n) is 20.4. The van der Waals surface area contributed by atoms with E-state index in [9.17, 15) is 8.42 Å². The molecular formula is C24H29N9O2S.